The minimum Gasteiger partial charge on any atom is -0.497 e. The molecule has 0 amide bonds. The molecule has 0 aliphatic heterocycles. The molecule has 36 heavy (non-hydrogen) atoms. The van der Waals surface area contributed by atoms with Crippen LogP contribution >= 0.6 is 0 Å². The number of ether oxygens (including phenoxy) is 1. The fourth-order valence-corrected chi connectivity index (χ4v) is 4.68. The lowest BCUT2D eigenvalue weighted by Crippen LogP contribution is -2.26. The van der Waals surface area contributed by atoms with E-state index in [1.165, 1.54) is 35.2 Å². The third-order valence-electron chi connectivity index (χ3n) is 6.63. The van der Waals surface area contributed by atoms with E-state index in [-0.39, 0.29) is 0 Å². The zero-order chi connectivity index (χ0) is 25.2. The van der Waals surface area contributed by atoms with Gasteiger partial charge in [-0.2, -0.15) is 0 Å². The summed E-state index contributed by atoms with van der Waals surface area (Å²) < 4.78 is 7.97. The van der Waals surface area contributed by atoms with Crippen LogP contribution in [0.4, 0.5) is 0 Å². The van der Waals surface area contributed by atoms with E-state index in [0.29, 0.717) is 0 Å². The second-order valence-corrected chi connectivity index (χ2v) is 9.38. The Labute approximate surface area is 216 Å². The van der Waals surface area contributed by atoms with Crippen LogP contribution in [0, 0.1) is 0 Å². The fraction of sp³-hybridized carbons (Fsp3) is 0.344. The van der Waals surface area contributed by atoms with Gasteiger partial charge in [0.1, 0.15) is 11.6 Å². The maximum atomic E-state index is 5.50. The number of benzene rings is 3. The van der Waals surface area contributed by atoms with Gasteiger partial charge in [-0.1, -0.05) is 99.5 Å². The first-order chi connectivity index (χ1) is 17.7. The summed E-state index contributed by atoms with van der Waals surface area (Å²) in [7, 11) is 1.73. The van der Waals surface area contributed by atoms with E-state index in [2.05, 4.69) is 102 Å². The maximum absolute atomic E-state index is 5.50. The molecule has 0 unspecified atom stereocenters. The van der Waals surface area contributed by atoms with Gasteiger partial charge in [0, 0.05) is 30.8 Å². The molecule has 0 atom stereocenters. The molecule has 0 radical (unpaired) electrons. The maximum Gasteiger partial charge on any atom is 0.140 e. The van der Waals surface area contributed by atoms with E-state index < -0.39 is 0 Å². The number of rotatable bonds is 13. The first kappa shape index (κ1) is 25.7. The molecule has 0 saturated heterocycles. The van der Waals surface area contributed by atoms with Gasteiger partial charge >= 0.3 is 0 Å². The van der Waals surface area contributed by atoms with Crippen molar-refractivity contribution in [2.45, 2.75) is 59.2 Å². The van der Waals surface area contributed by atoms with Crippen LogP contribution in [0.3, 0.4) is 0 Å². The largest absolute Gasteiger partial charge is 0.497 e. The van der Waals surface area contributed by atoms with Crippen LogP contribution in [0.1, 0.15) is 50.8 Å². The highest BCUT2D eigenvalue weighted by Crippen LogP contribution is 2.31. The van der Waals surface area contributed by atoms with Crippen molar-refractivity contribution in [1.82, 2.24) is 14.5 Å². The Kier molecular flexibility index (Phi) is 9.34. The van der Waals surface area contributed by atoms with E-state index in [4.69, 9.17) is 9.72 Å². The normalized spacial score (nSPS) is 11.2. The van der Waals surface area contributed by atoms with Gasteiger partial charge in [0.25, 0.3) is 0 Å². The van der Waals surface area contributed by atoms with Crippen molar-refractivity contribution in [2.75, 3.05) is 13.7 Å². The van der Waals surface area contributed by atoms with E-state index in [1.807, 2.05) is 6.07 Å². The molecule has 0 spiro atoms. The molecule has 1 aromatic heterocycles. The van der Waals surface area contributed by atoms with Crippen molar-refractivity contribution in [1.29, 1.82) is 0 Å². The zero-order valence-corrected chi connectivity index (χ0v) is 22.0. The van der Waals surface area contributed by atoms with Crippen molar-refractivity contribution < 1.29 is 4.74 Å². The molecule has 0 aliphatic rings. The molecule has 4 nitrogen and oxygen atoms in total. The van der Waals surface area contributed by atoms with Gasteiger partial charge in [-0.05, 0) is 37.1 Å². The molecule has 4 aromatic rings. The van der Waals surface area contributed by atoms with Gasteiger partial charge < -0.3 is 9.30 Å². The Hall–Kier alpha value is -3.37. The lowest BCUT2D eigenvalue weighted by molar-refractivity contribution is 0.246. The predicted molar refractivity (Wildman–Crippen MR) is 150 cm³/mol. The number of methoxy groups -OCH3 is 1. The second-order valence-electron chi connectivity index (χ2n) is 9.38. The summed E-state index contributed by atoms with van der Waals surface area (Å²) in [6.07, 6.45) is 4.61. The Morgan fingerprint density at radius 2 is 1.47 bits per heavy atom. The Balaban J connectivity index is 1.78. The van der Waals surface area contributed by atoms with E-state index in [0.717, 1.165) is 56.3 Å². The average molecular weight is 482 g/mol. The van der Waals surface area contributed by atoms with Gasteiger partial charge in [0.05, 0.1) is 18.5 Å². The zero-order valence-electron chi connectivity index (χ0n) is 22.0. The highest BCUT2D eigenvalue weighted by Gasteiger charge is 2.21. The molecule has 4 heteroatoms. The summed E-state index contributed by atoms with van der Waals surface area (Å²) in [5.74, 6) is 1.97. The van der Waals surface area contributed by atoms with Crippen LogP contribution in [0.5, 0.6) is 5.75 Å². The fourth-order valence-electron chi connectivity index (χ4n) is 4.68. The Bertz CT molecular complexity index is 1200. The molecule has 188 valence electrons. The minimum atomic E-state index is 0.852. The van der Waals surface area contributed by atoms with Crippen molar-refractivity contribution in [2.24, 2.45) is 0 Å². The molecular formula is C32H39N3O. The topological polar surface area (TPSA) is 30.3 Å². The van der Waals surface area contributed by atoms with Crippen molar-refractivity contribution >= 4 is 0 Å². The standard InChI is InChI=1S/C32H39N3O/c1-4-6-21-34(24-26-15-14-20-29(23-26)36-3)25-30-31(27-16-10-8-11-17-27)33-32(35(30)22-7-5-2)28-18-12-9-13-19-28/h8-20,23H,4-7,21-22,24-25H2,1-3H3. The second kappa shape index (κ2) is 13.1. The number of hydrogen-bond donors (Lipinski definition) is 0. The van der Waals surface area contributed by atoms with Crippen LogP contribution in [0.15, 0.2) is 84.9 Å². The van der Waals surface area contributed by atoms with Crippen LogP contribution < -0.4 is 4.74 Å². The van der Waals surface area contributed by atoms with E-state index in [1.54, 1.807) is 7.11 Å². The monoisotopic (exact) mass is 481 g/mol. The number of imidazole rings is 1. The molecule has 3 aromatic carbocycles. The highest BCUT2D eigenvalue weighted by atomic mass is 16.5. The lowest BCUT2D eigenvalue weighted by Gasteiger charge is -2.24. The summed E-state index contributed by atoms with van der Waals surface area (Å²) in [5.41, 5.74) is 6.02. The van der Waals surface area contributed by atoms with Crippen LogP contribution in [0.25, 0.3) is 22.6 Å². The number of nitrogens with zero attached hydrogens (tertiary/aromatic N) is 3. The van der Waals surface area contributed by atoms with Gasteiger partial charge in [-0.15, -0.1) is 0 Å². The third-order valence-corrected chi connectivity index (χ3v) is 6.63. The molecule has 0 bridgehead atoms. The van der Waals surface area contributed by atoms with Crippen molar-refractivity contribution in [3.8, 4) is 28.4 Å². The summed E-state index contributed by atoms with van der Waals surface area (Å²) in [6, 6.07) is 29.7. The highest BCUT2D eigenvalue weighted by molar-refractivity contribution is 5.68. The van der Waals surface area contributed by atoms with Crippen LogP contribution in [-0.4, -0.2) is 28.1 Å². The molecule has 4 rings (SSSR count). The predicted octanol–water partition coefficient (Wildman–Crippen LogP) is 7.83. The van der Waals surface area contributed by atoms with Gasteiger partial charge in [-0.3, -0.25) is 4.90 Å². The van der Waals surface area contributed by atoms with E-state index in [9.17, 15) is 0 Å². The summed E-state index contributed by atoms with van der Waals surface area (Å²) in [5, 5.41) is 0. The summed E-state index contributed by atoms with van der Waals surface area (Å²) >= 11 is 0. The van der Waals surface area contributed by atoms with Crippen molar-refractivity contribution in [3.63, 3.8) is 0 Å². The van der Waals surface area contributed by atoms with Crippen LogP contribution in [0.2, 0.25) is 0 Å². The summed E-state index contributed by atoms with van der Waals surface area (Å²) in [6.45, 7) is 8.26. The SMILES string of the molecule is CCCCN(Cc1cccc(OC)c1)Cc1c(-c2ccccc2)nc(-c2ccccc2)n1CCCC. The molecule has 0 fully saturated rings. The Morgan fingerprint density at radius 3 is 2.14 bits per heavy atom. The average Bonchev–Trinajstić information content (AvgIpc) is 3.29. The first-order valence-electron chi connectivity index (χ1n) is 13.3. The van der Waals surface area contributed by atoms with Crippen molar-refractivity contribution in [3.05, 3.63) is 96.2 Å². The molecule has 1 heterocycles. The first-order valence-corrected chi connectivity index (χ1v) is 13.3. The minimum absolute atomic E-state index is 0.852. The molecular weight excluding hydrogens is 442 g/mol. The molecule has 0 aliphatic carbocycles. The van der Waals surface area contributed by atoms with Gasteiger partial charge in [0.2, 0.25) is 0 Å². The number of hydrogen-bond acceptors (Lipinski definition) is 3. The quantitative estimate of drug-likeness (QED) is 0.195. The van der Waals surface area contributed by atoms with E-state index >= 15 is 0 Å². The number of unbranched alkanes of at least 4 members (excludes halogenated alkanes) is 2. The van der Waals surface area contributed by atoms with Gasteiger partial charge in [0.15, 0.2) is 0 Å². The Morgan fingerprint density at radius 1 is 0.778 bits per heavy atom. The smallest absolute Gasteiger partial charge is 0.140 e. The van der Waals surface area contributed by atoms with Crippen LogP contribution in [-0.2, 0) is 19.6 Å². The molecule has 0 saturated carbocycles. The third kappa shape index (κ3) is 6.44. The lowest BCUT2D eigenvalue weighted by atomic mass is 10.1. The molecule has 0 N–H and O–H groups in total. The number of aromatic nitrogens is 2. The van der Waals surface area contributed by atoms with Gasteiger partial charge in [-0.25, -0.2) is 4.98 Å². The summed E-state index contributed by atoms with van der Waals surface area (Å²) in [4.78, 5) is 7.86.